The van der Waals surface area contributed by atoms with E-state index in [-0.39, 0.29) is 6.42 Å². The van der Waals surface area contributed by atoms with E-state index >= 15 is 0 Å². The number of carboxylic acid groups (broad SMARTS) is 1. The van der Waals surface area contributed by atoms with Crippen LogP contribution in [0.25, 0.3) is 0 Å². The van der Waals surface area contributed by atoms with Crippen LogP contribution in [0.5, 0.6) is 0 Å². The van der Waals surface area contributed by atoms with Crippen LogP contribution in [0.15, 0.2) is 10.6 Å². The van der Waals surface area contributed by atoms with Gasteiger partial charge < -0.3 is 14.9 Å². The number of nitrogens with one attached hydrogen (secondary N) is 1. The first kappa shape index (κ1) is 7.59. The van der Waals surface area contributed by atoms with Crippen molar-refractivity contribution in [3.8, 4) is 0 Å². The Morgan fingerprint density at radius 2 is 2.64 bits per heavy atom. The number of carbonyl (C=O) groups is 1. The lowest BCUT2D eigenvalue weighted by molar-refractivity contribution is -0.136. The minimum absolute atomic E-state index is 0.130. The summed E-state index contributed by atoms with van der Waals surface area (Å²) < 4.78 is 4.67. The van der Waals surface area contributed by atoms with Crippen molar-refractivity contribution in [2.75, 3.05) is 12.4 Å². The Morgan fingerprint density at radius 3 is 3.09 bits per heavy atom. The molecule has 60 valence electrons. The van der Waals surface area contributed by atoms with Crippen LogP contribution in [0.4, 0.5) is 5.82 Å². The van der Waals surface area contributed by atoms with Crippen molar-refractivity contribution in [2.24, 2.45) is 0 Å². The molecule has 0 amide bonds. The highest BCUT2D eigenvalue weighted by Crippen LogP contribution is 2.07. The SMILES string of the molecule is CNc1cc(CC(=O)O)on1. The van der Waals surface area contributed by atoms with Gasteiger partial charge in [0, 0.05) is 13.1 Å². The van der Waals surface area contributed by atoms with Gasteiger partial charge in [0.2, 0.25) is 0 Å². The molecule has 0 atom stereocenters. The fourth-order valence-electron chi connectivity index (χ4n) is 0.663. The molecule has 0 bridgehead atoms. The smallest absolute Gasteiger partial charge is 0.311 e. The highest BCUT2D eigenvalue weighted by molar-refractivity contribution is 5.69. The van der Waals surface area contributed by atoms with E-state index in [1.54, 1.807) is 13.1 Å². The van der Waals surface area contributed by atoms with Crippen molar-refractivity contribution in [2.45, 2.75) is 6.42 Å². The third kappa shape index (κ3) is 1.96. The zero-order valence-electron chi connectivity index (χ0n) is 6.00. The minimum Gasteiger partial charge on any atom is -0.481 e. The number of hydrogen-bond acceptors (Lipinski definition) is 4. The summed E-state index contributed by atoms with van der Waals surface area (Å²) >= 11 is 0. The van der Waals surface area contributed by atoms with Crippen molar-refractivity contribution in [1.82, 2.24) is 5.16 Å². The van der Waals surface area contributed by atoms with E-state index in [1.807, 2.05) is 0 Å². The number of nitrogens with zero attached hydrogens (tertiary/aromatic N) is 1. The first-order valence-corrected chi connectivity index (χ1v) is 3.07. The Morgan fingerprint density at radius 1 is 1.91 bits per heavy atom. The zero-order valence-corrected chi connectivity index (χ0v) is 6.00. The van der Waals surface area contributed by atoms with Gasteiger partial charge in [-0.3, -0.25) is 4.79 Å². The maximum atomic E-state index is 10.2. The predicted molar refractivity (Wildman–Crippen MR) is 37.4 cm³/mol. The molecule has 0 aliphatic rings. The molecule has 2 N–H and O–H groups in total. The fourth-order valence-corrected chi connectivity index (χ4v) is 0.663. The minimum atomic E-state index is -0.927. The van der Waals surface area contributed by atoms with E-state index in [0.29, 0.717) is 11.6 Å². The van der Waals surface area contributed by atoms with Crippen LogP contribution in [0, 0.1) is 0 Å². The van der Waals surface area contributed by atoms with Crippen molar-refractivity contribution < 1.29 is 14.4 Å². The van der Waals surface area contributed by atoms with E-state index in [9.17, 15) is 4.79 Å². The van der Waals surface area contributed by atoms with E-state index < -0.39 is 5.97 Å². The third-order valence-corrected chi connectivity index (χ3v) is 1.14. The van der Waals surface area contributed by atoms with Gasteiger partial charge in [0.25, 0.3) is 0 Å². The highest BCUT2D eigenvalue weighted by Gasteiger charge is 2.06. The number of hydrogen-bond donors (Lipinski definition) is 2. The molecule has 1 aromatic rings. The standard InChI is InChI=1S/C6H8N2O3/c1-7-5-2-4(11-8-5)3-6(9)10/h2H,3H2,1H3,(H,7,8)(H,9,10). The van der Waals surface area contributed by atoms with Crippen LogP contribution < -0.4 is 5.32 Å². The summed E-state index contributed by atoms with van der Waals surface area (Å²) in [5, 5.41) is 14.6. The van der Waals surface area contributed by atoms with Crippen molar-refractivity contribution in [3.63, 3.8) is 0 Å². The van der Waals surface area contributed by atoms with Gasteiger partial charge in [0.05, 0.1) is 0 Å². The monoisotopic (exact) mass is 156 g/mol. The molecule has 0 spiro atoms. The molecule has 11 heavy (non-hydrogen) atoms. The number of rotatable bonds is 3. The second kappa shape index (κ2) is 3.05. The van der Waals surface area contributed by atoms with Gasteiger partial charge in [-0.25, -0.2) is 0 Å². The molecule has 0 radical (unpaired) electrons. The molecule has 0 saturated heterocycles. The summed E-state index contributed by atoms with van der Waals surface area (Å²) in [6.07, 6.45) is -0.130. The Labute approximate surface area is 63.0 Å². The summed E-state index contributed by atoms with van der Waals surface area (Å²) in [5.74, 6) is -0.0353. The molecular formula is C6H8N2O3. The molecule has 1 aromatic heterocycles. The molecule has 1 heterocycles. The third-order valence-electron chi connectivity index (χ3n) is 1.14. The molecule has 0 aliphatic heterocycles. The number of carboxylic acids is 1. The lowest BCUT2D eigenvalue weighted by atomic mass is 10.3. The van der Waals surface area contributed by atoms with Gasteiger partial charge in [-0.05, 0) is 0 Å². The zero-order chi connectivity index (χ0) is 8.27. The summed E-state index contributed by atoms with van der Waals surface area (Å²) in [5.41, 5.74) is 0. The van der Waals surface area contributed by atoms with E-state index in [4.69, 9.17) is 5.11 Å². The molecule has 0 unspecified atom stereocenters. The average Bonchev–Trinajstić information content (AvgIpc) is 2.34. The molecule has 0 saturated carbocycles. The number of aliphatic carboxylic acids is 1. The molecule has 5 heteroatoms. The van der Waals surface area contributed by atoms with E-state index in [2.05, 4.69) is 15.0 Å². The van der Waals surface area contributed by atoms with E-state index in [0.717, 1.165) is 0 Å². The Hall–Kier alpha value is -1.52. The lowest BCUT2D eigenvalue weighted by Crippen LogP contribution is -1.98. The molecule has 0 fully saturated rings. The van der Waals surface area contributed by atoms with Crippen LogP contribution >= 0.6 is 0 Å². The Kier molecular flexibility index (Phi) is 2.10. The summed E-state index contributed by atoms with van der Waals surface area (Å²) in [6.45, 7) is 0. The van der Waals surface area contributed by atoms with Gasteiger partial charge in [-0.2, -0.15) is 0 Å². The van der Waals surface area contributed by atoms with Crippen molar-refractivity contribution in [3.05, 3.63) is 11.8 Å². The first-order valence-electron chi connectivity index (χ1n) is 3.07. The van der Waals surface area contributed by atoms with Gasteiger partial charge in [-0.15, -0.1) is 0 Å². The predicted octanol–water partition coefficient (Wildman–Crippen LogP) is 0.343. The van der Waals surface area contributed by atoms with Gasteiger partial charge in [0.15, 0.2) is 5.82 Å². The number of anilines is 1. The Bertz CT molecular complexity index is 256. The van der Waals surface area contributed by atoms with Crippen LogP contribution in [0.2, 0.25) is 0 Å². The van der Waals surface area contributed by atoms with E-state index in [1.165, 1.54) is 0 Å². The normalized spacial score (nSPS) is 9.55. The Balaban J connectivity index is 2.65. The van der Waals surface area contributed by atoms with Gasteiger partial charge >= 0.3 is 5.97 Å². The molecule has 0 aliphatic carbocycles. The topological polar surface area (TPSA) is 75.4 Å². The second-order valence-electron chi connectivity index (χ2n) is 2.00. The maximum absolute atomic E-state index is 10.2. The van der Waals surface area contributed by atoms with Crippen molar-refractivity contribution in [1.29, 1.82) is 0 Å². The first-order chi connectivity index (χ1) is 5.22. The fraction of sp³-hybridized carbons (Fsp3) is 0.333. The summed E-state index contributed by atoms with van der Waals surface area (Å²) in [7, 11) is 1.68. The molecule has 5 nitrogen and oxygen atoms in total. The quantitative estimate of drug-likeness (QED) is 0.660. The van der Waals surface area contributed by atoms with Crippen LogP contribution in [0.3, 0.4) is 0 Å². The van der Waals surface area contributed by atoms with Crippen LogP contribution in [-0.2, 0) is 11.2 Å². The van der Waals surface area contributed by atoms with Gasteiger partial charge in [0.1, 0.15) is 12.2 Å². The highest BCUT2D eigenvalue weighted by atomic mass is 16.5. The second-order valence-corrected chi connectivity index (χ2v) is 2.00. The molecular weight excluding hydrogens is 148 g/mol. The van der Waals surface area contributed by atoms with Crippen LogP contribution in [0.1, 0.15) is 5.76 Å². The van der Waals surface area contributed by atoms with Gasteiger partial charge in [-0.1, -0.05) is 5.16 Å². The summed E-state index contributed by atoms with van der Waals surface area (Å²) in [6, 6.07) is 1.55. The molecule has 0 aromatic carbocycles. The van der Waals surface area contributed by atoms with Crippen LogP contribution in [-0.4, -0.2) is 23.3 Å². The molecule has 1 rings (SSSR count). The average molecular weight is 156 g/mol. The summed E-state index contributed by atoms with van der Waals surface area (Å²) in [4.78, 5) is 10.2. The maximum Gasteiger partial charge on any atom is 0.311 e. The largest absolute Gasteiger partial charge is 0.481 e. The number of aromatic nitrogens is 1. The van der Waals surface area contributed by atoms with Crippen molar-refractivity contribution >= 4 is 11.8 Å². The lowest BCUT2D eigenvalue weighted by Gasteiger charge is -1.84.